The second kappa shape index (κ2) is 27.7. The topological polar surface area (TPSA) is 37.3 Å². The van der Waals surface area contributed by atoms with Crippen molar-refractivity contribution in [1.29, 1.82) is 0 Å². The van der Waals surface area contributed by atoms with Crippen LogP contribution in [0, 0.1) is 6.92 Å². The van der Waals surface area contributed by atoms with Crippen LogP contribution in [0.25, 0.3) is 0 Å². The van der Waals surface area contributed by atoms with Crippen LogP contribution in [-0.4, -0.2) is 28.2 Å². The van der Waals surface area contributed by atoms with Crippen LogP contribution < -0.4 is 0 Å². The first-order valence-corrected chi connectivity index (χ1v) is 2.32. The van der Waals surface area contributed by atoms with Gasteiger partial charge < -0.3 is 5.11 Å². The molecule has 1 N–H and O–H groups in total. The summed E-state index contributed by atoms with van der Waals surface area (Å²) < 4.78 is 8.38. The fourth-order valence-electron chi connectivity index (χ4n) is 0. The summed E-state index contributed by atoms with van der Waals surface area (Å²) in [5.41, 5.74) is 0. The third kappa shape index (κ3) is 249. The van der Waals surface area contributed by atoms with Gasteiger partial charge in [0.15, 0.2) is 0 Å². The molecule has 0 unspecified atom stereocenters. The summed E-state index contributed by atoms with van der Waals surface area (Å²) in [6.07, 6.45) is 0. The summed E-state index contributed by atoms with van der Waals surface area (Å²) in [5.74, 6) is 0. The third-order valence-corrected chi connectivity index (χ3v) is 0. The zero-order chi connectivity index (χ0) is 4.71. The second-order valence-corrected chi connectivity index (χ2v) is 0.224. The first kappa shape index (κ1) is 9.00. The Morgan fingerprint density at radius 1 is 1.80 bits per heavy atom. The van der Waals surface area contributed by atoms with Crippen LogP contribution in [0.4, 0.5) is 0 Å². The SMILES string of the molecule is [CH2]CO.[O]=[GeH2]. The van der Waals surface area contributed by atoms with Crippen LogP contribution in [0.3, 0.4) is 0 Å². The molecule has 1 radical (unpaired) electrons. The van der Waals surface area contributed by atoms with E-state index in [0.29, 0.717) is 0 Å². The Hall–Kier alpha value is 0.303. The van der Waals surface area contributed by atoms with Gasteiger partial charge in [-0.3, -0.25) is 0 Å². The Bertz CT molecular complexity index is 11.6. The summed E-state index contributed by atoms with van der Waals surface area (Å²) in [5, 5.41) is 7.46. The molecule has 5 heavy (non-hydrogen) atoms. The van der Waals surface area contributed by atoms with Gasteiger partial charge in [-0.15, -0.1) is 0 Å². The number of hydrogen-bond donors (Lipinski definition) is 1. The number of aliphatic hydroxyl groups excluding tert-OH is 1. The molecule has 0 aromatic heterocycles. The van der Waals surface area contributed by atoms with Gasteiger partial charge in [-0.05, 0) is 6.92 Å². The summed E-state index contributed by atoms with van der Waals surface area (Å²) in [6.45, 7) is 3.04. The molecule has 0 bridgehead atoms. The first-order chi connectivity index (χ1) is 2.41. The van der Waals surface area contributed by atoms with Crippen LogP contribution in [0.5, 0.6) is 0 Å². The van der Waals surface area contributed by atoms with Crippen molar-refractivity contribution in [3.05, 3.63) is 6.92 Å². The van der Waals surface area contributed by atoms with Crippen molar-refractivity contribution in [1.82, 2.24) is 0 Å². The van der Waals surface area contributed by atoms with Gasteiger partial charge in [0.1, 0.15) is 0 Å². The van der Waals surface area contributed by atoms with E-state index in [4.69, 9.17) is 8.88 Å². The van der Waals surface area contributed by atoms with Crippen molar-refractivity contribution in [2.75, 3.05) is 6.61 Å². The van der Waals surface area contributed by atoms with Gasteiger partial charge in [-0.1, -0.05) is 0 Å². The van der Waals surface area contributed by atoms with Gasteiger partial charge in [0.25, 0.3) is 0 Å². The van der Waals surface area contributed by atoms with E-state index < -0.39 is 0 Å². The molecule has 0 amide bonds. The van der Waals surface area contributed by atoms with Gasteiger partial charge in [0.2, 0.25) is 0 Å². The number of rotatable bonds is 0. The molecule has 0 rings (SSSR count). The van der Waals surface area contributed by atoms with Gasteiger partial charge in [-0.25, -0.2) is 0 Å². The van der Waals surface area contributed by atoms with Gasteiger partial charge >= 0.3 is 20.2 Å². The van der Waals surface area contributed by atoms with Crippen molar-refractivity contribution in [3.8, 4) is 0 Å². The molecule has 2 nitrogen and oxygen atoms in total. The Morgan fingerprint density at radius 2 is 1.80 bits per heavy atom. The molecule has 3 heteroatoms. The Morgan fingerprint density at radius 3 is 1.80 bits per heavy atom. The Labute approximate surface area is 39.6 Å². The molecule has 0 saturated heterocycles. The van der Waals surface area contributed by atoms with Crippen LogP contribution in [-0.2, 0) is 3.78 Å². The van der Waals surface area contributed by atoms with Crippen molar-refractivity contribution < 1.29 is 8.88 Å². The van der Waals surface area contributed by atoms with E-state index in [1.54, 1.807) is 0 Å². The van der Waals surface area contributed by atoms with E-state index in [9.17, 15) is 0 Å². The van der Waals surface area contributed by atoms with Gasteiger partial charge in [0.05, 0.1) is 0 Å². The monoisotopic (exact) mass is 137 g/mol. The molecule has 0 aromatic carbocycles. The molecule has 0 spiro atoms. The standard InChI is InChI=1S/C2H5O.GeH2O/c1-2-3;1-2/h3H,1-2H2;1H2. The molecule has 0 aliphatic heterocycles. The predicted octanol–water partition coefficient (Wildman–Crippen LogP) is -1.22. The average molecular weight is 136 g/mol. The number of hydrogen-bond acceptors (Lipinski definition) is 2. The van der Waals surface area contributed by atoms with E-state index in [1.165, 1.54) is 0 Å². The summed E-state index contributed by atoms with van der Waals surface area (Å²) in [6, 6.07) is 0. The van der Waals surface area contributed by atoms with Crippen molar-refractivity contribution in [2.45, 2.75) is 0 Å². The maximum absolute atomic E-state index is 8.38. The average Bonchev–Trinajstić information content (AvgIpc) is 1.46. The van der Waals surface area contributed by atoms with E-state index in [0.717, 1.165) is 0 Å². The normalized spacial score (nSPS) is 4.40. The van der Waals surface area contributed by atoms with E-state index in [1.807, 2.05) is 0 Å². The molecule has 0 fully saturated rings. The molecule has 31 valence electrons. The molecule has 0 aliphatic carbocycles. The Balaban J connectivity index is 0. The van der Waals surface area contributed by atoms with Gasteiger partial charge in [0, 0.05) is 6.61 Å². The fourth-order valence-corrected chi connectivity index (χ4v) is 0. The molecule has 0 atom stereocenters. The number of aliphatic hydroxyl groups is 1. The fraction of sp³-hybridized carbons (Fsp3) is 0.500. The van der Waals surface area contributed by atoms with Crippen molar-refractivity contribution in [3.63, 3.8) is 0 Å². The molecular formula is C2H7GeO2. The molecule has 0 heterocycles. The van der Waals surface area contributed by atoms with Crippen LogP contribution >= 0.6 is 0 Å². The molecule has 0 aliphatic rings. The second-order valence-electron chi connectivity index (χ2n) is 0.224. The quantitative estimate of drug-likeness (QED) is 0.423. The van der Waals surface area contributed by atoms with Gasteiger partial charge in [-0.2, -0.15) is 0 Å². The molecular weight excluding hydrogens is 129 g/mol. The van der Waals surface area contributed by atoms with Crippen molar-refractivity contribution >= 4 is 16.5 Å². The van der Waals surface area contributed by atoms with Crippen molar-refractivity contribution in [2.24, 2.45) is 0 Å². The van der Waals surface area contributed by atoms with E-state index >= 15 is 0 Å². The van der Waals surface area contributed by atoms with E-state index in [-0.39, 0.29) is 23.1 Å². The first-order valence-electron chi connectivity index (χ1n) is 1.10. The zero-order valence-electron chi connectivity index (χ0n) is 2.98. The minimum absolute atomic E-state index is 0. The zero-order valence-corrected chi connectivity index (χ0v) is 5.94. The third-order valence-electron chi connectivity index (χ3n) is 0. The van der Waals surface area contributed by atoms with Crippen LogP contribution in [0.1, 0.15) is 0 Å². The maximum atomic E-state index is 8.38. The Kier molecular flexibility index (Phi) is 49.8. The minimum atomic E-state index is 0. The van der Waals surface area contributed by atoms with Crippen LogP contribution in [0.15, 0.2) is 0 Å². The predicted molar refractivity (Wildman–Crippen MR) is 21.7 cm³/mol. The molecule has 0 saturated carbocycles. The van der Waals surface area contributed by atoms with Crippen LogP contribution in [0.2, 0.25) is 0 Å². The summed E-state index contributed by atoms with van der Waals surface area (Å²) >= 11 is 0.125. The van der Waals surface area contributed by atoms with E-state index in [2.05, 4.69) is 6.92 Å². The molecule has 0 aromatic rings. The summed E-state index contributed by atoms with van der Waals surface area (Å²) in [7, 11) is 0. The summed E-state index contributed by atoms with van der Waals surface area (Å²) in [4.78, 5) is 0.